The highest BCUT2D eigenvalue weighted by Crippen LogP contribution is 1.76. The van der Waals surface area contributed by atoms with E-state index < -0.39 is 0 Å². The normalized spacial score (nSPS) is 8.40. The van der Waals surface area contributed by atoms with Gasteiger partial charge in [-0.05, 0) is 0 Å². The van der Waals surface area contributed by atoms with E-state index in [1.807, 2.05) is 0 Å². The minimum Gasteiger partial charge on any atom is -0.0683 e. The van der Waals surface area contributed by atoms with Gasteiger partial charge in [-0.15, -0.1) is 0 Å². The number of hydrogen-bond donors (Lipinski definition) is 0. The van der Waals surface area contributed by atoms with Gasteiger partial charge in [-0.2, -0.15) is 0 Å². The van der Waals surface area contributed by atoms with Gasteiger partial charge in [-0.25, -0.2) is 0 Å². The van der Waals surface area contributed by atoms with Crippen molar-refractivity contribution in [1.82, 2.24) is 0 Å². The Kier molecular flexibility index (Phi) is 4.40. The van der Waals surface area contributed by atoms with Crippen LogP contribution < -0.4 is 0 Å². The molecule has 0 amide bonds. The molecule has 0 spiro atoms. The highest BCUT2D eigenvalue weighted by atomic mass is 28.2. The first-order valence-electron chi connectivity index (χ1n) is 2.21. The van der Waals surface area contributed by atoms with Crippen LogP contribution in [0, 0.1) is 6.92 Å². The SMILES string of the molecule is [CH2]C[SiH2]CC. The standard InChI is InChI=1S/C4H11Si/c1-3-5-4-2/h1,3-5H2,2H3. The summed E-state index contributed by atoms with van der Waals surface area (Å²) in [4.78, 5) is 0. The van der Waals surface area contributed by atoms with Gasteiger partial charge < -0.3 is 0 Å². The smallest absolute Gasteiger partial charge is 0.0195 e. The van der Waals surface area contributed by atoms with Crippen molar-refractivity contribution < 1.29 is 0 Å². The van der Waals surface area contributed by atoms with E-state index in [4.69, 9.17) is 0 Å². The predicted octanol–water partition coefficient (Wildman–Crippen LogP) is 0.846. The van der Waals surface area contributed by atoms with Gasteiger partial charge in [0.25, 0.3) is 0 Å². The molecule has 0 saturated carbocycles. The molecular formula is C4H11Si. The molecule has 0 aromatic carbocycles. The Morgan fingerprint density at radius 1 is 1.80 bits per heavy atom. The lowest BCUT2D eigenvalue weighted by Gasteiger charge is -1.77. The lowest BCUT2D eigenvalue weighted by Crippen LogP contribution is -1.76. The maximum Gasteiger partial charge on any atom is 0.0195 e. The summed E-state index contributed by atoms with van der Waals surface area (Å²) in [6.07, 6.45) is 0. The second-order valence-corrected chi connectivity index (χ2v) is 3.62. The predicted molar refractivity (Wildman–Crippen MR) is 29.2 cm³/mol. The van der Waals surface area contributed by atoms with E-state index in [1.165, 1.54) is 12.1 Å². The monoisotopic (exact) mass is 87.1 g/mol. The topological polar surface area (TPSA) is 0 Å². The molecule has 0 atom stereocenters. The van der Waals surface area contributed by atoms with Crippen molar-refractivity contribution in [2.24, 2.45) is 0 Å². The van der Waals surface area contributed by atoms with Crippen LogP contribution in [0.15, 0.2) is 0 Å². The molecule has 0 nitrogen and oxygen atoms in total. The molecule has 0 aliphatic carbocycles. The minimum atomic E-state index is 0.321. The highest BCUT2D eigenvalue weighted by Gasteiger charge is 1.70. The fourth-order valence-corrected chi connectivity index (χ4v) is 0.750. The second kappa shape index (κ2) is 4.22. The molecule has 31 valence electrons. The molecule has 1 heteroatoms. The Hall–Kier alpha value is 0.217. The highest BCUT2D eigenvalue weighted by molar-refractivity contribution is 6.35. The molecule has 0 aliphatic rings. The van der Waals surface area contributed by atoms with Crippen LogP contribution in [-0.4, -0.2) is 9.52 Å². The summed E-state index contributed by atoms with van der Waals surface area (Å²) < 4.78 is 0. The van der Waals surface area contributed by atoms with Crippen molar-refractivity contribution in [2.75, 3.05) is 0 Å². The average Bonchev–Trinajstić information content (AvgIpc) is 1.41. The first-order valence-corrected chi connectivity index (χ1v) is 4.21. The van der Waals surface area contributed by atoms with Crippen LogP contribution in [0.25, 0.3) is 0 Å². The van der Waals surface area contributed by atoms with E-state index in [9.17, 15) is 0 Å². The van der Waals surface area contributed by atoms with Crippen molar-refractivity contribution in [3.63, 3.8) is 0 Å². The lowest BCUT2D eigenvalue weighted by molar-refractivity contribution is 1.43. The van der Waals surface area contributed by atoms with E-state index in [0.29, 0.717) is 9.52 Å². The summed E-state index contributed by atoms with van der Waals surface area (Å²) in [6.45, 7) is 5.97. The van der Waals surface area contributed by atoms with Crippen LogP contribution in [0.5, 0.6) is 0 Å². The molecule has 0 N–H and O–H groups in total. The summed E-state index contributed by atoms with van der Waals surface area (Å²) in [5, 5.41) is 0. The third-order valence-electron chi connectivity index (χ3n) is 0.604. The second-order valence-electron chi connectivity index (χ2n) is 1.21. The van der Waals surface area contributed by atoms with Gasteiger partial charge in [0.05, 0.1) is 0 Å². The molecule has 0 fully saturated rings. The molecule has 0 heterocycles. The molecule has 0 aromatic heterocycles. The minimum absolute atomic E-state index is 0.321. The van der Waals surface area contributed by atoms with Gasteiger partial charge in [0.2, 0.25) is 0 Å². The third-order valence-corrected chi connectivity index (χ3v) is 1.81. The molecular weight excluding hydrogens is 76.1 g/mol. The molecule has 0 rings (SSSR count). The summed E-state index contributed by atoms with van der Waals surface area (Å²) >= 11 is 0. The Morgan fingerprint density at radius 2 is 2.40 bits per heavy atom. The Morgan fingerprint density at radius 3 is 2.40 bits per heavy atom. The van der Waals surface area contributed by atoms with E-state index in [-0.39, 0.29) is 0 Å². The van der Waals surface area contributed by atoms with Crippen LogP contribution in [0.3, 0.4) is 0 Å². The van der Waals surface area contributed by atoms with Crippen LogP contribution >= 0.6 is 0 Å². The first kappa shape index (κ1) is 5.22. The van der Waals surface area contributed by atoms with Gasteiger partial charge in [0.1, 0.15) is 0 Å². The summed E-state index contributed by atoms with van der Waals surface area (Å²) in [5.74, 6) is 0. The van der Waals surface area contributed by atoms with Crippen LogP contribution in [0.4, 0.5) is 0 Å². The van der Waals surface area contributed by atoms with Crippen molar-refractivity contribution >= 4 is 9.52 Å². The molecule has 0 saturated heterocycles. The maximum atomic E-state index is 3.74. The largest absolute Gasteiger partial charge is 0.0683 e. The summed E-state index contributed by atoms with van der Waals surface area (Å²) in [5.41, 5.74) is 0. The fraction of sp³-hybridized carbons (Fsp3) is 0.750. The van der Waals surface area contributed by atoms with Gasteiger partial charge in [-0.1, -0.05) is 25.9 Å². The van der Waals surface area contributed by atoms with Gasteiger partial charge in [0.15, 0.2) is 0 Å². The molecule has 1 radical (unpaired) electrons. The Balaban J connectivity index is 2.19. The molecule has 0 bridgehead atoms. The van der Waals surface area contributed by atoms with Crippen LogP contribution in [0.1, 0.15) is 6.92 Å². The molecule has 0 unspecified atom stereocenters. The quantitative estimate of drug-likeness (QED) is 0.438. The summed E-state index contributed by atoms with van der Waals surface area (Å²) in [7, 11) is 0.321. The average molecular weight is 87.2 g/mol. The molecule has 0 aliphatic heterocycles. The zero-order valence-corrected chi connectivity index (χ0v) is 5.24. The van der Waals surface area contributed by atoms with Gasteiger partial charge in [-0.3, -0.25) is 0 Å². The van der Waals surface area contributed by atoms with Crippen LogP contribution in [-0.2, 0) is 0 Å². The van der Waals surface area contributed by atoms with Crippen molar-refractivity contribution in [1.29, 1.82) is 0 Å². The Bertz CT molecular complexity index is 11.1. The zero-order chi connectivity index (χ0) is 4.12. The zero-order valence-electron chi connectivity index (χ0n) is 3.83. The summed E-state index contributed by atoms with van der Waals surface area (Å²) in [6, 6.07) is 2.65. The van der Waals surface area contributed by atoms with Crippen molar-refractivity contribution in [3.05, 3.63) is 6.92 Å². The Labute approximate surface area is 36.4 Å². The fourth-order valence-electron chi connectivity index (χ4n) is 0.250. The van der Waals surface area contributed by atoms with E-state index >= 15 is 0 Å². The third kappa shape index (κ3) is 4.22. The number of hydrogen-bond acceptors (Lipinski definition) is 0. The van der Waals surface area contributed by atoms with E-state index in [0.717, 1.165) is 0 Å². The maximum absolute atomic E-state index is 3.74. The lowest BCUT2D eigenvalue weighted by atomic mass is 11.0. The first-order chi connectivity index (χ1) is 2.41. The van der Waals surface area contributed by atoms with Gasteiger partial charge in [0, 0.05) is 9.52 Å². The van der Waals surface area contributed by atoms with E-state index in [1.54, 1.807) is 0 Å². The van der Waals surface area contributed by atoms with Crippen LogP contribution in [0.2, 0.25) is 12.1 Å². The molecule has 0 aromatic rings. The number of rotatable bonds is 2. The van der Waals surface area contributed by atoms with Crippen molar-refractivity contribution in [2.45, 2.75) is 19.0 Å². The molecule has 5 heavy (non-hydrogen) atoms. The van der Waals surface area contributed by atoms with Crippen molar-refractivity contribution in [3.8, 4) is 0 Å². The van der Waals surface area contributed by atoms with E-state index in [2.05, 4.69) is 13.8 Å². The van der Waals surface area contributed by atoms with Gasteiger partial charge >= 0.3 is 0 Å².